The summed E-state index contributed by atoms with van der Waals surface area (Å²) >= 11 is 1.78. The summed E-state index contributed by atoms with van der Waals surface area (Å²) in [5.74, 6) is 0.540. The highest BCUT2D eigenvalue weighted by Crippen LogP contribution is 2.38. The first-order chi connectivity index (χ1) is 15.6. The fourth-order valence-electron chi connectivity index (χ4n) is 4.24. The molecule has 0 aliphatic carbocycles. The van der Waals surface area contributed by atoms with E-state index in [-0.39, 0.29) is 0 Å². The molecule has 0 saturated carbocycles. The molecule has 0 atom stereocenters. The van der Waals surface area contributed by atoms with Crippen molar-refractivity contribution in [2.75, 3.05) is 0 Å². The number of nitrogens with zero attached hydrogens (tertiary/aromatic N) is 2. The van der Waals surface area contributed by atoms with Crippen LogP contribution in [0.15, 0.2) is 77.3 Å². The Labute approximate surface area is 190 Å². The van der Waals surface area contributed by atoms with E-state index in [1.165, 1.54) is 26.1 Å². The van der Waals surface area contributed by atoms with Gasteiger partial charge >= 0.3 is 0 Å². The average molecular weight is 435 g/mol. The third-order valence-electron chi connectivity index (χ3n) is 6.05. The molecule has 0 spiro atoms. The highest BCUT2D eigenvalue weighted by molar-refractivity contribution is 7.22. The van der Waals surface area contributed by atoms with Gasteiger partial charge in [0.25, 0.3) is 0 Å². The van der Waals surface area contributed by atoms with Gasteiger partial charge in [0.05, 0.1) is 10.4 Å². The minimum Gasteiger partial charge on any atom is -0.437 e. The second-order valence-electron chi connectivity index (χ2n) is 8.58. The lowest BCUT2D eigenvalue weighted by atomic mass is 10.0. The highest BCUT2D eigenvalue weighted by atomic mass is 32.1. The zero-order valence-corrected chi connectivity index (χ0v) is 19.0. The number of aromatic nitrogens is 2. The van der Waals surface area contributed by atoms with Crippen LogP contribution in [-0.2, 0) is 0 Å². The van der Waals surface area contributed by atoms with Gasteiger partial charge in [-0.25, -0.2) is 4.98 Å². The first kappa shape index (κ1) is 19.2. The van der Waals surface area contributed by atoms with E-state index < -0.39 is 0 Å². The van der Waals surface area contributed by atoms with Crippen LogP contribution in [0.25, 0.3) is 53.9 Å². The van der Waals surface area contributed by atoms with Crippen LogP contribution in [0, 0.1) is 6.92 Å². The second-order valence-corrected chi connectivity index (χ2v) is 9.67. The van der Waals surface area contributed by atoms with Gasteiger partial charge in [0, 0.05) is 33.1 Å². The quantitative estimate of drug-likeness (QED) is 0.281. The molecule has 6 rings (SSSR count). The number of rotatable bonds is 3. The van der Waals surface area contributed by atoms with Gasteiger partial charge in [0.2, 0.25) is 5.71 Å². The largest absolute Gasteiger partial charge is 0.437 e. The monoisotopic (exact) mass is 434 g/mol. The topological polar surface area (TPSA) is 38.9 Å². The summed E-state index contributed by atoms with van der Waals surface area (Å²) in [6.45, 7) is 6.43. The van der Waals surface area contributed by atoms with Crippen LogP contribution in [0.2, 0.25) is 0 Å². The van der Waals surface area contributed by atoms with Gasteiger partial charge in [-0.3, -0.25) is 4.98 Å². The number of para-hydroxylation sites is 1. The summed E-state index contributed by atoms with van der Waals surface area (Å²) < 4.78 is 7.37. The van der Waals surface area contributed by atoms with Gasteiger partial charge in [0.15, 0.2) is 0 Å². The molecule has 4 aromatic heterocycles. The number of aryl methyl sites for hydroxylation is 1. The molecule has 0 saturated heterocycles. The molecular weight excluding hydrogens is 412 g/mol. The van der Waals surface area contributed by atoms with Gasteiger partial charge < -0.3 is 4.42 Å². The molecule has 4 heterocycles. The molecule has 0 radical (unpaired) electrons. The number of hydrogen-bond acceptors (Lipinski definition) is 4. The predicted molar refractivity (Wildman–Crippen MR) is 134 cm³/mol. The van der Waals surface area contributed by atoms with Crippen molar-refractivity contribution < 1.29 is 4.42 Å². The van der Waals surface area contributed by atoms with E-state index in [1.807, 2.05) is 19.2 Å². The van der Waals surface area contributed by atoms with Crippen molar-refractivity contribution in [3.63, 3.8) is 0 Å². The Morgan fingerprint density at radius 1 is 0.906 bits per heavy atom. The van der Waals surface area contributed by atoms with E-state index in [4.69, 9.17) is 9.40 Å². The van der Waals surface area contributed by atoms with E-state index >= 15 is 0 Å². The Kier molecular flexibility index (Phi) is 4.37. The van der Waals surface area contributed by atoms with Gasteiger partial charge in [0.1, 0.15) is 5.58 Å². The van der Waals surface area contributed by atoms with Crippen molar-refractivity contribution in [2.24, 2.45) is 0 Å². The molecule has 3 nitrogen and oxygen atoms in total. The second kappa shape index (κ2) is 7.28. The molecule has 2 aromatic carbocycles. The molecule has 0 aliphatic rings. The lowest BCUT2D eigenvalue weighted by Crippen LogP contribution is -1.85. The van der Waals surface area contributed by atoms with Crippen molar-refractivity contribution in [3.8, 4) is 21.7 Å². The molecular formula is C28H22N2OS. The number of hydrogen-bond donors (Lipinski definition) is 0. The lowest BCUT2D eigenvalue weighted by molar-refractivity contribution is 0.653. The first-order valence-electron chi connectivity index (χ1n) is 10.9. The molecule has 0 unspecified atom stereocenters. The van der Waals surface area contributed by atoms with E-state index in [9.17, 15) is 0 Å². The third kappa shape index (κ3) is 3.10. The number of fused-ring (bicyclic) bond motifs is 4. The third-order valence-corrected chi connectivity index (χ3v) is 7.18. The van der Waals surface area contributed by atoms with Crippen molar-refractivity contribution in [1.29, 1.82) is 0 Å². The summed E-state index contributed by atoms with van der Waals surface area (Å²) in [6, 6.07) is 23.7. The standard InChI is InChI=1S/C28H22N2OS/c1-16(2)18-8-10-19(11-9-18)25-14-20-13-24(29-15-26(20)32-25)23-6-4-5-21-22-12-7-17(3)30-28(22)31-27(21)23/h4-16H,1-3H3. The molecule has 6 aromatic rings. The van der Waals surface area contributed by atoms with E-state index in [2.05, 4.69) is 79.5 Å². The zero-order valence-electron chi connectivity index (χ0n) is 18.2. The molecule has 156 valence electrons. The van der Waals surface area contributed by atoms with E-state index in [0.29, 0.717) is 11.6 Å². The summed E-state index contributed by atoms with van der Waals surface area (Å²) in [7, 11) is 0. The minimum absolute atomic E-state index is 0.540. The Balaban J connectivity index is 1.46. The van der Waals surface area contributed by atoms with Crippen molar-refractivity contribution in [2.45, 2.75) is 26.7 Å². The Morgan fingerprint density at radius 2 is 1.75 bits per heavy atom. The maximum absolute atomic E-state index is 6.19. The fourth-order valence-corrected chi connectivity index (χ4v) is 5.26. The Morgan fingerprint density at radius 3 is 2.56 bits per heavy atom. The molecule has 32 heavy (non-hydrogen) atoms. The SMILES string of the molecule is Cc1ccc2c(n1)oc1c(-c3cc4cc(-c5ccc(C(C)C)cc5)sc4cn3)cccc12. The predicted octanol–water partition coefficient (Wildman–Crippen LogP) is 8.36. The molecule has 4 heteroatoms. The number of thiophene rings is 1. The van der Waals surface area contributed by atoms with Gasteiger partial charge in [-0.1, -0.05) is 50.2 Å². The molecule has 0 bridgehead atoms. The maximum Gasteiger partial charge on any atom is 0.227 e. The smallest absolute Gasteiger partial charge is 0.227 e. The molecule has 0 aliphatic heterocycles. The molecule has 0 amide bonds. The van der Waals surface area contributed by atoms with E-state index in [0.717, 1.165) is 33.3 Å². The summed E-state index contributed by atoms with van der Waals surface area (Å²) in [6.07, 6.45) is 1.98. The van der Waals surface area contributed by atoms with Crippen LogP contribution in [0.4, 0.5) is 0 Å². The normalized spacial score (nSPS) is 11.9. The maximum atomic E-state index is 6.19. The van der Waals surface area contributed by atoms with Crippen LogP contribution in [-0.4, -0.2) is 9.97 Å². The number of pyridine rings is 2. The Bertz CT molecular complexity index is 1610. The fraction of sp³-hybridized carbons (Fsp3) is 0.143. The van der Waals surface area contributed by atoms with Gasteiger partial charge in [-0.15, -0.1) is 11.3 Å². The zero-order chi connectivity index (χ0) is 21.8. The highest BCUT2D eigenvalue weighted by Gasteiger charge is 2.15. The van der Waals surface area contributed by atoms with Crippen LogP contribution in [0.1, 0.15) is 31.0 Å². The number of benzene rings is 2. The van der Waals surface area contributed by atoms with Crippen LogP contribution in [0.3, 0.4) is 0 Å². The minimum atomic E-state index is 0.540. The summed E-state index contributed by atoms with van der Waals surface area (Å²) in [5.41, 5.74) is 6.99. The number of furan rings is 1. The first-order valence-corrected chi connectivity index (χ1v) is 11.7. The molecule has 0 fully saturated rings. The van der Waals surface area contributed by atoms with Crippen LogP contribution in [0.5, 0.6) is 0 Å². The lowest BCUT2D eigenvalue weighted by Gasteiger charge is -2.05. The van der Waals surface area contributed by atoms with Gasteiger partial charge in [-0.05, 0) is 59.7 Å². The average Bonchev–Trinajstić information content (AvgIpc) is 3.39. The van der Waals surface area contributed by atoms with Crippen LogP contribution < -0.4 is 0 Å². The summed E-state index contributed by atoms with van der Waals surface area (Å²) in [4.78, 5) is 10.6. The summed E-state index contributed by atoms with van der Waals surface area (Å²) in [5, 5.41) is 3.31. The van der Waals surface area contributed by atoms with Crippen LogP contribution >= 0.6 is 11.3 Å². The Hall–Kier alpha value is -3.50. The van der Waals surface area contributed by atoms with Gasteiger partial charge in [-0.2, -0.15) is 0 Å². The van der Waals surface area contributed by atoms with Crippen molar-refractivity contribution in [3.05, 3.63) is 84.2 Å². The van der Waals surface area contributed by atoms with Crippen molar-refractivity contribution >= 4 is 43.5 Å². The van der Waals surface area contributed by atoms with Crippen molar-refractivity contribution in [1.82, 2.24) is 9.97 Å². The molecule has 0 N–H and O–H groups in total. The van der Waals surface area contributed by atoms with E-state index in [1.54, 1.807) is 11.3 Å².